The number of hydrogen-bond acceptors (Lipinski definition) is 7. The Kier molecular flexibility index (Phi) is 6.67. The molecule has 1 aliphatic carbocycles. The lowest BCUT2D eigenvalue weighted by Crippen LogP contribution is -2.30. The molecule has 148 valence electrons. The number of carbonyl (C=O) groups excluding carboxylic acids is 1. The van der Waals surface area contributed by atoms with E-state index in [2.05, 4.69) is 32.2 Å². The van der Waals surface area contributed by atoms with Crippen LogP contribution in [0, 0.1) is 0 Å². The summed E-state index contributed by atoms with van der Waals surface area (Å²) in [6.45, 7) is 0.755. The number of allylic oxidation sites excluding steroid dienone is 1. The molecule has 0 fully saturated rings. The largest absolute Gasteiger partial charge is 0.497 e. The van der Waals surface area contributed by atoms with Gasteiger partial charge in [-0.3, -0.25) is 15.6 Å². The van der Waals surface area contributed by atoms with Crippen LogP contribution in [0.5, 0.6) is 5.75 Å². The molecule has 5 N–H and O–H groups in total. The monoisotopic (exact) mass is 382 g/mol. The predicted octanol–water partition coefficient (Wildman–Crippen LogP) is 3.13. The lowest BCUT2D eigenvalue weighted by molar-refractivity contribution is 0.0962. The van der Waals surface area contributed by atoms with Crippen molar-refractivity contribution >= 4 is 23.2 Å². The number of amides is 1. The molecule has 3 rings (SSSR count). The van der Waals surface area contributed by atoms with Gasteiger partial charge in [-0.2, -0.15) is 0 Å². The molecule has 0 spiro atoms. The van der Waals surface area contributed by atoms with Crippen molar-refractivity contribution in [3.8, 4) is 5.75 Å². The second-order valence-corrected chi connectivity index (χ2v) is 6.58. The van der Waals surface area contributed by atoms with Gasteiger partial charge in [-0.15, -0.1) is 0 Å². The van der Waals surface area contributed by atoms with E-state index >= 15 is 0 Å². The number of anilines is 3. The third-order valence-electron chi connectivity index (χ3n) is 4.65. The number of nitrogens with one attached hydrogen (secondary N) is 3. The highest BCUT2D eigenvalue weighted by molar-refractivity contribution is 5.95. The Bertz CT molecular complexity index is 835. The first-order valence-corrected chi connectivity index (χ1v) is 9.40. The highest BCUT2D eigenvalue weighted by Crippen LogP contribution is 2.23. The highest BCUT2D eigenvalue weighted by atomic mass is 16.5. The Balaban J connectivity index is 1.54. The van der Waals surface area contributed by atoms with E-state index in [1.807, 2.05) is 0 Å². The fourth-order valence-corrected chi connectivity index (χ4v) is 3.04. The van der Waals surface area contributed by atoms with Gasteiger partial charge >= 0.3 is 0 Å². The number of nitrogens with zero attached hydrogens (tertiary/aromatic N) is 2. The smallest absolute Gasteiger partial charge is 0.269 e. The lowest BCUT2D eigenvalue weighted by atomic mass is 9.97. The van der Waals surface area contributed by atoms with E-state index in [1.54, 1.807) is 31.4 Å². The summed E-state index contributed by atoms with van der Waals surface area (Å²) in [7, 11) is 1.58. The van der Waals surface area contributed by atoms with E-state index < -0.39 is 0 Å². The molecule has 0 saturated heterocycles. The summed E-state index contributed by atoms with van der Waals surface area (Å²) >= 11 is 0. The van der Waals surface area contributed by atoms with E-state index in [1.165, 1.54) is 37.6 Å². The Labute approximate surface area is 164 Å². The molecule has 28 heavy (non-hydrogen) atoms. The molecule has 1 aromatic carbocycles. The van der Waals surface area contributed by atoms with Crippen molar-refractivity contribution in [1.82, 2.24) is 15.4 Å². The van der Waals surface area contributed by atoms with Crippen molar-refractivity contribution in [2.75, 3.05) is 30.1 Å². The molecule has 0 aliphatic heterocycles. The van der Waals surface area contributed by atoms with Gasteiger partial charge in [0, 0.05) is 12.1 Å². The second kappa shape index (κ2) is 9.59. The molecule has 8 heteroatoms. The van der Waals surface area contributed by atoms with Crippen molar-refractivity contribution in [3.63, 3.8) is 0 Å². The number of aromatic nitrogens is 2. The normalized spacial score (nSPS) is 13.4. The van der Waals surface area contributed by atoms with Gasteiger partial charge in [0.1, 0.15) is 17.8 Å². The average Bonchev–Trinajstić information content (AvgIpc) is 2.74. The summed E-state index contributed by atoms with van der Waals surface area (Å²) in [4.78, 5) is 20.5. The van der Waals surface area contributed by atoms with Crippen molar-refractivity contribution in [2.24, 2.45) is 0 Å². The number of carbonyl (C=O) groups is 1. The molecule has 1 heterocycles. The third kappa shape index (κ3) is 5.12. The lowest BCUT2D eigenvalue weighted by Gasteiger charge is -2.15. The molecule has 0 unspecified atom stereocenters. The maximum Gasteiger partial charge on any atom is 0.269 e. The summed E-state index contributed by atoms with van der Waals surface area (Å²) in [5, 5.41) is 3.25. The summed E-state index contributed by atoms with van der Waals surface area (Å²) in [6, 6.07) is 6.79. The molecule has 0 atom stereocenters. The third-order valence-corrected chi connectivity index (χ3v) is 4.65. The number of rotatable bonds is 8. The number of ether oxygens (including phenoxy) is 1. The molecular weight excluding hydrogens is 356 g/mol. The number of hydrogen-bond donors (Lipinski definition) is 4. The summed E-state index contributed by atoms with van der Waals surface area (Å²) in [5.74, 6) is 1.27. The van der Waals surface area contributed by atoms with Crippen LogP contribution in [0.3, 0.4) is 0 Å². The van der Waals surface area contributed by atoms with Crippen LogP contribution in [0.4, 0.5) is 17.3 Å². The number of methoxy groups -OCH3 is 1. The number of hydrazine groups is 1. The van der Waals surface area contributed by atoms with Gasteiger partial charge < -0.3 is 15.8 Å². The number of nitrogens with two attached hydrogens (primary N) is 1. The maximum absolute atomic E-state index is 12.2. The molecule has 1 aliphatic rings. The second-order valence-electron chi connectivity index (χ2n) is 6.58. The van der Waals surface area contributed by atoms with Crippen LogP contribution >= 0.6 is 0 Å². The van der Waals surface area contributed by atoms with Crippen molar-refractivity contribution in [1.29, 1.82) is 0 Å². The van der Waals surface area contributed by atoms with Gasteiger partial charge in [0.2, 0.25) is 0 Å². The van der Waals surface area contributed by atoms with Crippen LogP contribution in [-0.4, -0.2) is 29.5 Å². The predicted molar refractivity (Wildman–Crippen MR) is 110 cm³/mol. The molecule has 1 aromatic heterocycles. The standard InChI is InChI=1S/C20H26N6O2/c1-28-16-9-7-15(8-10-16)20(27)26-25-19-17(21)18(23-13-24-19)22-12-11-14-5-3-2-4-6-14/h5,7-10,13H,2-4,6,11-12,21H2,1H3,(H,26,27)(H2,22,23,24,25). The minimum absolute atomic E-state index is 0.306. The minimum atomic E-state index is -0.306. The zero-order chi connectivity index (χ0) is 19.8. The van der Waals surface area contributed by atoms with Gasteiger partial charge in [-0.1, -0.05) is 11.6 Å². The highest BCUT2D eigenvalue weighted by Gasteiger charge is 2.11. The Hall–Kier alpha value is -3.29. The molecule has 8 nitrogen and oxygen atoms in total. The summed E-state index contributed by atoms with van der Waals surface area (Å²) in [6.07, 6.45) is 9.60. The zero-order valence-corrected chi connectivity index (χ0v) is 16.0. The molecule has 0 radical (unpaired) electrons. The van der Waals surface area contributed by atoms with Crippen LogP contribution in [-0.2, 0) is 0 Å². The summed E-state index contributed by atoms with van der Waals surface area (Å²) in [5.41, 5.74) is 13.8. The SMILES string of the molecule is COc1ccc(C(=O)NNc2ncnc(NCCC3=CCCCC3)c2N)cc1. The molecule has 1 amide bonds. The van der Waals surface area contributed by atoms with Crippen LogP contribution in [0.25, 0.3) is 0 Å². The van der Waals surface area contributed by atoms with Crippen molar-refractivity contribution in [3.05, 3.63) is 47.8 Å². The zero-order valence-electron chi connectivity index (χ0n) is 16.0. The van der Waals surface area contributed by atoms with E-state index in [9.17, 15) is 4.79 Å². The van der Waals surface area contributed by atoms with E-state index in [0.717, 1.165) is 13.0 Å². The molecule has 0 saturated carbocycles. The van der Waals surface area contributed by atoms with Gasteiger partial charge in [0.25, 0.3) is 5.91 Å². The quantitative estimate of drug-likeness (QED) is 0.410. The van der Waals surface area contributed by atoms with E-state index in [4.69, 9.17) is 10.5 Å². The average molecular weight is 382 g/mol. The van der Waals surface area contributed by atoms with Gasteiger partial charge in [0.15, 0.2) is 11.6 Å². The minimum Gasteiger partial charge on any atom is -0.497 e. The first-order valence-electron chi connectivity index (χ1n) is 9.40. The summed E-state index contributed by atoms with van der Waals surface area (Å²) < 4.78 is 5.09. The maximum atomic E-state index is 12.2. The Morgan fingerprint density at radius 1 is 1.18 bits per heavy atom. The topological polar surface area (TPSA) is 114 Å². The van der Waals surface area contributed by atoms with Crippen LogP contribution in [0.2, 0.25) is 0 Å². The number of benzene rings is 1. The van der Waals surface area contributed by atoms with Gasteiger partial charge in [-0.05, 0) is 56.4 Å². The van der Waals surface area contributed by atoms with Crippen molar-refractivity contribution < 1.29 is 9.53 Å². The molecular formula is C20H26N6O2. The van der Waals surface area contributed by atoms with Crippen LogP contribution < -0.4 is 26.6 Å². The first kappa shape index (κ1) is 19.5. The molecule has 2 aromatic rings. The van der Waals surface area contributed by atoms with Crippen LogP contribution in [0.15, 0.2) is 42.2 Å². The Morgan fingerprint density at radius 2 is 1.96 bits per heavy atom. The number of nitrogen functional groups attached to an aromatic ring is 1. The Morgan fingerprint density at radius 3 is 2.68 bits per heavy atom. The van der Waals surface area contributed by atoms with E-state index in [0.29, 0.717) is 28.6 Å². The van der Waals surface area contributed by atoms with Gasteiger partial charge in [0.05, 0.1) is 7.11 Å². The molecule has 0 bridgehead atoms. The van der Waals surface area contributed by atoms with Crippen molar-refractivity contribution in [2.45, 2.75) is 32.1 Å². The van der Waals surface area contributed by atoms with Crippen LogP contribution in [0.1, 0.15) is 42.5 Å². The first-order chi connectivity index (χ1) is 13.7. The fraction of sp³-hybridized carbons (Fsp3) is 0.350. The fourth-order valence-electron chi connectivity index (χ4n) is 3.04. The van der Waals surface area contributed by atoms with E-state index in [-0.39, 0.29) is 5.91 Å². The van der Waals surface area contributed by atoms with Gasteiger partial charge in [-0.25, -0.2) is 9.97 Å².